The molecular weight excluding hydrogens is 627 g/mol. The quantitative estimate of drug-likeness (QED) is 0.113. The first-order valence-electron chi connectivity index (χ1n) is 9.80. The topological polar surface area (TPSA) is 266 Å². The van der Waals surface area contributed by atoms with Crippen LogP contribution in [0.2, 0.25) is 0 Å². The number of nitrogen functional groups attached to an aromatic ring is 1. The van der Waals surface area contributed by atoms with Crippen molar-refractivity contribution in [2.75, 3.05) is 12.3 Å². The van der Waals surface area contributed by atoms with Crippen LogP contribution in [0, 0.1) is 23.0 Å². The van der Waals surface area contributed by atoms with Crippen LogP contribution in [0.25, 0.3) is 11.0 Å². The lowest BCUT2D eigenvalue weighted by molar-refractivity contribution is -0.0641. The Morgan fingerprint density at radius 2 is 1.95 bits per heavy atom. The van der Waals surface area contributed by atoms with Gasteiger partial charge in [0.1, 0.15) is 5.39 Å². The van der Waals surface area contributed by atoms with Gasteiger partial charge in [-0.2, -0.15) is 13.6 Å². The zero-order valence-corrected chi connectivity index (χ0v) is 22.7. The molecule has 1 aliphatic rings. The molecule has 3 rings (SSSR count). The molecule has 2 aromatic rings. The van der Waals surface area contributed by atoms with Gasteiger partial charge in [-0.15, -0.1) is 0 Å². The van der Waals surface area contributed by atoms with E-state index in [1.54, 1.807) is 0 Å². The van der Waals surface area contributed by atoms with E-state index in [1.807, 2.05) is 5.38 Å². The van der Waals surface area contributed by atoms with Crippen molar-refractivity contribution in [2.45, 2.75) is 30.2 Å². The lowest BCUT2D eigenvalue weighted by atomic mass is 9.87. The maximum atomic E-state index is 14.7. The third-order valence-electron chi connectivity index (χ3n) is 5.10. The monoisotopic (exact) mass is 644 g/mol. The molecule has 1 fully saturated rings. The average molecular weight is 645 g/mol. The number of ether oxygens (including phenoxy) is 1. The summed E-state index contributed by atoms with van der Waals surface area (Å²) in [6, 6.07) is 0. The van der Waals surface area contributed by atoms with E-state index < -0.39 is 82.0 Å². The van der Waals surface area contributed by atoms with Gasteiger partial charge in [-0.25, -0.2) is 18.1 Å². The lowest BCUT2D eigenvalue weighted by Gasteiger charge is -2.28. The number of nitrogens with one attached hydrogen (secondary N) is 1. The predicted octanol–water partition coefficient (Wildman–Crippen LogP) is 0.861. The fraction of sp³-hybridized carbons (Fsp3) is 0.467. The van der Waals surface area contributed by atoms with Crippen molar-refractivity contribution in [3.8, 4) is 11.3 Å². The highest BCUT2D eigenvalue weighted by Crippen LogP contribution is 2.67. The number of phosphoric ester groups is 1. The van der Waals surface area contributed by atoms with E-state index in [4.69, 9.17) is 48.0 Å². The van der Waals surface area contributed by atoms with Crippen molar-refractivity contribution >= 4 is 63.7 Å². The van der Waals surface area contributed by atoms with E-state index in [1.165, 1.54) is 0 Å². The summed E-state index contributed by atoms with van der Waals surface area (Å²) >= 11 is 12.2. The molecule has 0 amide bonds. The number of alkyl halides is 1. The Balaban J connectivity index is 2.01. The van der Waals surface area contributed by atoms with Crippen LogP contribution in [0.1, 0.15) is 13.2 Å². The van der Waals surface area contributed by atoms with Crippen LogP contribution in [-0.4, -0.2) is 62.9 Å². The van der Waals surface area contributed by atoms with E-state index >= 15 is 0 Å². The Labute approximate surface area is 221 Å². The van der Waals surface area contributed by atoms with Gasteiger partial charge in [0.2, 0.25) is 5.95 Å². The van der Waals surface area contributed by atoms with E-state index in [9.17, 15) is 37.8 Å². The molecule has 2 aromatic heterocycles. The van der Waals surface area contributed by atoms with Gasteiger partial charge < -0.3 is 35.2 Å². The van der Waals surface area contributed by atoms with Crippen molar-refractivity contribution in [1.82, 2.24) is 14.5 Å². The largest absolute Gasteiger partial charge is 0.490 e. The lowest BCUT2D eigenvalue weighted by Crippen LogP contribution is -2.41. The Morgan fingerprint density at radius 3 is 2.50 bits per heavy atom. The molecule has 7 atom stereocenters. The number of aromatic amines is 1. The third-order valence-corrected chi connectivity index (χ3v) is 9.68. The van der Waals surface area contributed by atoms with Crippen LogP contribution in [0.15, 0.2) is 11.0 Å². The zero-order chi connectivity index (χ0) is 28.8. The summed E-state index contributed by atoms with van der Waals surface area (Å²) in [4.78, 5) is 52.7. The number of H-pyrrole nitrogens is 1. The molecule has 38 heavy (non-hydrogen) atoms. The van der Waals surface area contributed by atoms with Crippen LogP contribution >= 0.6 is 46.7 Å². The maximum Gasteiger partial charge on any atom is 0.490 e. The number of hydrogen-bond acceptors (Lipinski definition) is 11. The SMILES string of the molecule is C[C@H](OP(=O)(O)OP(=O)(O)OP(=O)(O)O)[C@H]1O[C@@H](n2cc(F)c3c(=O)[nH]c(N)nc32)C(Cl)(C#CCl)C1CO. The van der Waals surface area contributed by atoms with Gasteiger partial charge in [-0.05, 0) is 18.5 Å². The predicted molar refractivity (Wildman–Crippen MR) is 126 cm³/mol. The van der Waals surface area contributed by atoms with E-state index in [2.05, 4.69) is 24.5 Å². The average Bonchev–Trinajstić information content (AvgIpc) is 3.18. The van der Waals surface area contributed by atoms with Crippen LogP contribution in [0.4, 0.5) is 10.3 Å². The Morgan fingerprint density at radius 1 is 1.32 bits per heavy atom. The van der Waals surface area contributed by atoms with Gasteiger partial charge in [0.25, 0.3) is 5.56 Å². The highest BCUT2D eigenvalue weighted by atomic mass is 35.5. The number of rotatable bonds is 9. The first-order valence-corrected chi connectivity index (χ1v) is 15.1. The number of phosphoric acid groups is 3. The fourth-order valence-corrected chi connectivity index (χ4v) is 7.61. The molecule has 4 unspecified atom stereocenters. The van der Waals surface area contributed by atoms with Crippen LogP contribution in [0.5, 0.6) is 0 Å². The number of aromatic nitrogens is 3. The molecule has 0 aromatic carbocycles. The summed E-state index contributed by atoms with van der Waals surface area (Å²) in [5.41, 5.74) is 4.26. The normalized spacial score (nSPS) is 27.9. The minimum absolute atomic E-state index is 0.354. The Bertz CT molecular complexity index is 1500. The van der Waals surface area contributed by atoms with E-state index in [0.717, 1.165) is 17.7 Å². The first-order chi connectivity index (χ1) is 17.3. The molecular formula is C15H18Cl2FN4O13P3. The van der Waals surface area contributed by atoms with Crippen LogP contribution in [-0.2, 0) is 31.6 Å². The van der Waals surface area contributed by atoms with Gasteiger partial charge in [-0.3, -0.25) is 18.9 Å². The zero-order valence-electron chi connectivity index (χ0n) is 18.5. The summed E-state index contributed by atoms with van der Waals surface area (Å²) in [6.45, 7) is 0.215. The van der Waals surface area contributed by atoms with Gasteiger partial charge in [0, 0.05) is 17.5 Å². The van der Waals surface area contributed by atoms with Crippen molar-refractivity contribution in [1.29, 1.82) is 0 Å². The van der Waals surface area contributed by atoms with E-state index in [-0.39, 0.29) is 5.65 Å². The Kier molecular flexibility index (Phi) is 8.93. The van der Waals surface area contributed by atoms with Crippen molar-refractivity contribution in [3.63, 3.8) is 0 Å². The third kappa shape index (κ3) is 6.49. The van der Waals surface area contributed by atoms with Crippen molar-refractivity contribution in [3.05, 3.63) is 22.4 Å². The summed E-state index contributed by atoms with van der Waals surface area (Å²) in [5, 5.41) is 11.5. The Hall–Kier alpha value is -1.38. The molecule has 212 valence electrons. The number of nitrogens with zero attached hydrogens (tertiary/aromatic N) is 2. The van der Waals surface area contributed by atoms with Crippen LogP contribution < -0.4 is 11.3 Å². The minimum atomic E-state index is -5.83. The number of halogens is 3. The van der Waals surface area contributed by atoms with Gasteiger partial charge in [0.05, 0.1) is 18.8 Å². The van der Waals surface area contributed by atoms with Gasteiger partial charge in [0.15, 0.2) is 22.6 Å². The molecule has 0 spiro atoms. The summed E-state index contributed by atoms with van der Waals surface area (Å²) in [6.07, 6.45) is -4.02. The molecule has 1 saturated heterocycles. The fourth-order valence-electron chi connectivity index (χ4n) is 3.81. The molecule has 8 N–H and O–H groups in total. The number of nitrogens with two attached hydrogens (primary N) is 1. The minimum Gasteiger partial charge on any atom is -0.396 e. The maximum absolute atomic E-state index is 14.7. The number of anilines is 1. The number of hydrogen-bond donors (Lipinski definition) is 7. The second-order valence-electron chi connectivity index (χ2n) is 7.67. The summed E-state index contributed by atoms with van der Waals surface area (Å²) in [5.74, 6) is -0.433. The summed E-state index contributed by atoms with van der Waals surface area (Å²) < 4.78 is 68.2. The molecule has 17 nitrogen and oxygen atoms in total. The summed E-state index contributed by atoms with van der Waals surface area (Å²) in [7, 11) is -17.1. The molecule has 0 aliphatic carbocycles. The molecule has 23 heteroatoms. The number of aliphatic hydroxyl groups is 1. The highest BCUT2D eigenvalue weighted by Gasteiger charge is 2.59. The second kappa shape index (κ2) is 10.9. The van der Waals surface area contributed by atoms with Gasteiger partial charge in [-0.1, -0.05) is 17.5 Å². The highest BCUT2D eigenvalue weighted by molar-refractivity contribution is 7.66. The standard InChI is InChI=1S/C15H18Cl2FN4O13P3/c1-6(33-37(28,29)35-38(30,31)34-36(25,26)27)10-7(5-23)15(17,2-3-16)13(32-10)22-4-8(18)9-11(22)20-14(19)21-12(9)24/h4,6-7,10,13,23H,5H2,1H3,(H,28,29)(H,30,31)(H2,25,26,27)(H3,19,20,21,24)/t6-,7?,10+,13+,15?/m0/s1. The van der Waals surface area contributed by atoms with E-state index in [0.29, 0.717) is 0 Å². The number of aliphatic hydroxyl groups excluding tert-OH is 1. The van der Waals surface area contributed by atoms with Crippen molar-refractivity contribution < 1.29 is 60.6 Å². The molecule has 3 heterocycles. The molecule has 0 saturated carbocycles. The molecule has 0 radical (unpaired) electrons. The first kappa shape index (κ1) is 31.2. The second-order valence-corrected chi connectivity index (χ2v) is 12.9. The van der Waals surface area contributed by atoms with Gasteiger partial charge >= 0.3 is 23.5 Å². The molecule has 1 aliphatic heterocycles. The van der Waals surface area contributed by atoms with Crippen molar-refractivity contribution in [2.24, 2.45) is 5.92 Å². The smallest absolute Gasteiger partial charge is 0.396 e. The van der Waals surface area contributed by atoms with Crippen LogP contribution in [0.3, 0.4) is 0 Å². The molecule has 0 bridgehead atoms. The number of fused-ring (bicyclic) bond motifs is 1.